The van der Waals surface area contributed by atoms with Crippen molar-refractivity contribution in [2.24, 2.45) is 5.92 Å². The summed E-state index contributed by atoms with van der Waals surface area (Å²) in [5.41, 5.74) is 0. The minimum absolute atomic E-state index is 0.0864. The molecule has 1 heterocycles. The second-order valence-electron chi connectivity index (χ2n) is 7.62. The second-order valence-corrected chi connectivity index (χ2v) is 8.01. The predicted molar refractivity (Wildman–Crippen MR) is 113 cm³/mol. The zero-order valence-electron chi connectivity index (χ0n) is 17.4. The third kappa shape index (κ3) is 9.48. The predicted octanol–water partition coefficient (Wildman–Crippen LogP) is 2.53. The maximum absolute atomic E-state index is 12.3. The Morgan fingerprint density at radius 2 is 2.00 bits per heavy atom. The van der Waals surface area contributed by atoms with Crippen LogP contribution in [-0.2, 0) is 19.1 Å². The van der Waals surface area contributed by atoms with Crippen LogP contribution in [-0.4, -0.2) is 53.5 Å². The van der Waals surface area contributed by atoms with Gasteiger partial charge in [-0.05, 0) is 31.0 Å². The normalized spacial score (nSPS) is 16.6. The van der Waals surface area contributed by atoms with Gasteiger partial charge < -0.3 is 20.3 Å². The maximum atomic E-state index is 12.3. The molecule has 160 valence electrons. The van der Waals surface area contributed by atoms with E-state index in [4.69, 9.17) is 17.0 Å². The molecule has 1 aliphatic heterocycles. The van der Waals surface area contributed by atoms with Crippen molar-refractivity contribution in [3.63, 3.8) is 0 Å². The number of carbonyl (C=O) groups excluding carboxylic acids is 3. The van der Waals surface area contributed by atoms with E-state index < -0.39 is 12.0 Å². The minimum atomic E-state index is -0.752. The molecule has 0 aromatic rings. The Morgan fingerprint density at radius 3 is 2.68 bits per heavy atom. The Balaban J connectivity index is 2.50. The first-order valence-corrected chi connectivity index (χ1v) is 10.8. The quantitative estimate of drug-likeness (QED) is 0.307. The Hall–Kier alpha value is -1.70. The van der Waals surface area contributed by atoms with Gasteiger partial charge in [-0.25, -0.2) is 0 Å². The summed E-state index contributed by atoms with van der Waals surface area (Å²) in [5, 5.41) is 5.65. The molecule has 0 bridgehead atoms. The molecule has 1 saturated heterocycles. The fourth-order valence-corrected chi connectivity index (χ4v) is 3.26. The highest BCUT2D eigenvalue weighted by molar-refractivity contribution is 7.80. The molecule has 0 aromatic carbocycles. The van der Waals surface area contributed by atoms with E-state index in [-0.39, 0.29) is 23.3 Å². The molecule has 8 heteroatoms. The topological polar surface area (TPSA) is 87.7 Å². The average Bonchev–Trinajstić information content (AvgIpc) is 2.62. The van der Waals surface area contributed by atoms with Crippen LogP contribution < -0.4 is 10.6 Å². The van der Waals surface area contributed by atoms with Gasteiger partial charge in [0.15, 0.2) is 5.11 Å². The minimum Gasteiger partial charge on any atom is -0.466 e. The van der Waals surface area contributed by atoms with Crippen LogP contribution in [0.15, 0.2) is 0 Å². The number of esters is 1. The van der Waals surface area contributed by atoms with E-state index in [0.717, 1.165) is 32.1 Å². The summed E-state index contributed by atoms with van der Waals surface area (Å²) in [6.07, 6.45) is 6.40. The number of rotatable bonds is 11. The number of nitrogens with zero attached hydrogens (tertiary/aromatic N) is 1. The van der Waals surface area contributed by atoms with Gasteiger partial charge in [-0.15, -0.1) is 0 Å². The molecule has 0 spiro atoms. The summed E-state index contributed by atoms with van der Waals surface area (Å²) in [5.74, 6) is -0.418. The summed E-state index contributed by atoms with van der Waals surface area (Å²) in [4.78, 5) is 38.1. The number of carbonyl (C=O) groups is 3. The van der Waals surface area contributed by atoms with Crippen LogP contribution in [0.1, 0.15) is 72.1 Å². The van der Waals surface area contributed by atoms with E-state index in [0.29, 0.717) is 32.0 Å². The second kappa shape index (κ2) is 13.5. The monoisotopic (exact) mass is 413 g/mol. The summed E-state index contributed by atoms with van der Waals surface area (Å²) >= 11 is 5.34. The molecule has 2 amide bonds. The number of thiocarbonyl (C=S) groups is 1. The number of hydrogen-bond acceptors (Lipinski definition) is 5. The van der Waals surface area contributed by atoms with Crippen LogP contribution in [0, 0.1) is 5.92 Å². The molecule has 1 atom stereocenters. The molecular weight excluding hydrogens is 378 g/mol. The van der Waals surface area contributed by atoms with E-state index in [9.17, 15) is 14.4 Å². The van der Waals surface area contributed by atoms with Crippen molar-refractivity contribution < 1.29 is 19.1 Å². The molecule has 7 nitrogen and oxygen atoms in total. The Kier molecular flexibility index (Phi) is 11.7. The number of unbranched alkanes of at least 4 members (excludes halogenated alkanes) is 4. The largest absolute Gasteiger partial charge is 0.466 e. The first-order valence-electron chi connectivity index (χ1n) is 10.4. The lowest BCUT2D eigenvalue weighted by molar-refractivity contribution is -0.147. The first kappa shape index (κ1) is 24.3. The molecular formula is C20H35N3O4S. The molecule has 28 heavy (non-hydrogen) atoms. The van der Waals surface area contributed by atoms with Crippen LogP contribution in [0.25, 0.3) is 0 Å². The van der Waals surface area contributed by atoms with Gasteiger partial charge >= 0.3 is 5.97 Å². The van der Waals surface area contributed by atoms with Gasteiger partial charge in [0.05, 0.1) is 13.0 Å². The number of hydrogen-bond donors (Lipinski definition) is 2. The smallest absolute Gasteiger partial charge is 0.308 e. The van der Waals surface area contributed by atoms with Crippen LogP contribution in [0.4, 0.5) is 0 Å². The van der Waals surface area contributed by atoms with Crippen molar-refractivity contribution in [3.05, 3.63) is 0 Å². The van der Waals surface area contributed by atoms with E-state index in [1.54, 1.807) is 4.90 Å². The Morgan fingerprint density at radius 1 is 1.29 bits per heavy atom. The van der Waals surface area contributed by atoms with Crippen LogP contribution in [0.5, 0.6) is 0 Å². The van der Waals surface area contributed by atoms with E-state index >= 15 is 0 Å². The summed E-state index contributed by atoms with van der Waals surface area (Å²) in [7, 11) is 0. The van der Waals surface area contributed by atoms with Crippen molar-refractivity contribution in [3.8, 4) is 0 Å². The van der Waals surface area contributed by atoms with Crippen LogP contribution in [0.2, 0.25) is 0 Å². The molecule has 0 saturated carbocycles. The molecule has 2 N–H and O–H groups in total. The molecule has 0 radical (unpaired) electrons. The standard InChI is InChI=1S/C20H35N3O4S/c1-4-5-6-7-8-9-17(24)22-20(28)23-12-11-21-19(26)16(23)14-18(25)27-13-10-15(2)3/h15-16H,4-14H2,1-3H3,(H,21,26)(H,22,24,28). The fraction of sp³-hybridized carbons (Fsp3) is 0.800. The van der Waals surface area contributed by atoms with E-state index in [2.05, 4.69) is 31.4 Å². The van der Waals surface area contributed by atoms with Crippen molar-refractivity contribution in [1.29, 1.82) is 0 Å². The van der Waals surface area contributed by atoms with E-state index in [1.165, 1.54) is 6.42 Å². The van der Waals surface area contributed by atoms with Crippen LogP contribution in [0.3, 0.4) is 0 Å². The summed E-state index contributed by atoms with van der Waals surface area (Å²) < 4.78 is 5.22. The molecule has 1 fully saturated rings. The van der Waals surface area contributed by atoms with Crippen LogP contribution >= 0.6 is 12.2 Å². The molecule has 1 unspecified atom stereocenters. The molecule has 1 rings (SSSR count). The van der Waals surface area contributed by atoms with Gasteiger partial charge in [-0.3, -0.25) is 14.4 Å². The third-order valence-corrected chi connectivity index (χ3v) is 5.00. The number of ether oxygens (including phenoxy) is 1. The number of amides is 2. The maximum Gasteiger partial charge on any atom is 0.308 e. The number of nitrogens with one attached hydrogen (secondary N) is 2. The highest BCUT2D eigenvalue weighted by Gasteiger charge is 2.34. The van der Waals surface area contributed by atoms with Gasteiger partial charge in [0.1, 0.15) is 6.04 Å². The Labute approximate surface area is 173 Å². The summed E-state index contributed by atoms with van der Waals surface area (Å²) in [6.45, 7) is 7.46. The average molecular weight is 414 g/mol. The van der Waals surface area contributed by atoms with E-state index in [1.807, 2.05) is 0 Å². The zero-order chi connectivity index (χ0) is 20.9. The number of piperazine rings is 1. The zero-order valence-corrected chi connectivity index (χ0v) is 18.2. The van der Waals surface area contributed by atoms with Gasteiger partial charge in [0.2, 0.25) is 11.8 Å². The highest BCUT2D eigenvalue weighted by Crippen LogP contribution is 2.12. The lowest BCUT2D eigenvalue weighted by atomic mass is 10.1. The molecule has 0 aliphatic carbocycles. The van der Waals surface area contributed by atoms with Crippen molar-refractivity contribution in [2.45, 2.75) is 78.2 Å². The fourth-order valence-electron chi connectivity index (χ4n) is 2.93. The highest BCUT2D eigenvalue weighted by atomic mass is 32.1. The first-order chi connectivity index (χ1) is 13.3. The lowest BCUT2D eigenvalue weighted by Gasteiger charge is -2.36. The molecule has 0 aromatic heterocycles. The SMILES string of the molecule is CCCCCCCC(=O)NC(=S)N1CCNC(=O)C1CC(=O)OCCC(C)C. The Bertz CT molecular complexity index is 540. The van der Waals surface area contributed by atoms with Crippen molar-refractivity contribution in [2.75, 3.05) is 19.7 Å². The van der Waals surface area contributed by atoms with Gasteiger partial charge in [-0.1, -0.05) is 46.5 Å². The van der Waals surface area contributed by atoms with Crippen molar-refractivity contribution in [1.82, 2.24) is 15.5 Å². The lowest BCUT2D eigenvalue weighted by Crippen LogP contribution is -2.60. The van der Waals surface area contributed by atoms with Gasteiger partial charge in [0, 0.05) is 19.5 Å². The van der Waals surface area contributed by atoms with Crippen molar-refractivity contribution >= 4 is 35.1 Å². The summed E-state index contributed by atoms with van der Waals surface area (Å²) in [6, 6.07) is -0.752. The third-order valence-electron chi connectivity index (χ3n) is 4.66. The van der Waals surface area contributed by atoms with Gasteiger partial charge in [0.25, 0.3) is 0 Å². The van der Waals surface area contributed by atoms with Gasteiger partial charge in [-0.2, -0.15) is 0 Å². The molecule has 1 aliphatic rings.